The summed E-state index contributed by atoms with van der Waals surface area (Å²) >= 11 is 0. The molecule has 1 aliphatic heterocycles. The number of Topliss-reactive ketones (excluding diaryl/α,β-unsaturated/α-hetero) is 1. The van der Waals surface area contributed by atoms with Gasteiger partial charge in [0.05, 0.1) is 22.3 Å². The molecule has 0 aliphatic carbocycles. The molecule has 19 heavy (non-hydrogen) atoms. The number of fused-ring (bicyclic) bond motifs is 2. The number of urea groups is 1. The number of anilines is 2. The van der Waals surface area contributed by atoms with E-state index < -0.39 is 94.7 Å². The topological polar surface area (TPSA) is 63.4 Å². The quantitative estimate of drug-likeness (QED) is 0.795. The van der Waals surface area contributed by atoms with Crippen LogP contribution in [0, 0.1) is 0 Å². The first-order chi connectivity index (χ1) is 14.2. The molecule has 2 amide bonds. The molecule has 0 saturated carbocycles. The van der Waals surface area contributed by atoms with Gasteiger partial charge in [-0.1, -0.05) is 30.2 Å². The van der Waals surface area contributed by atoms with Gasteiger partial charge in [0.25, 0.3) is 0 Å². The Kier molecular flexibility index (Phi) is 0.937. The van der Waals surface area contributed by atoms with Crippen LogP contribution in [0.4, 0.5) is 16.2 Å². The van der Waals surface area contributed by atoms with Crippen molar-refractivity contribution in [3.05, 3.63) is 59.5 Å². The van der Waals surface area contributed by atoms with Gasteiger partial charge in [0.1, 0.15) is 0 Å². The molecule has 0 aromatic heterocycles. The minimum atomic E-state index is -3.25. The zero-order valence-corrected chi connectivity index (χ0v) is 9.21. The maximum atomic E-state index is 13.1. The van der Waals surface area contributed by atoms with Crippen molar-refractivity contribution in [2.75, 3.05) is 4.90 Å². The Hall–Kier alpha value is -2.62. The Morgan fingerprint density at radius 3 is 2.68 bits per heavy atom. The predicted octanol–water partition coefficient (Wildman–Crippen LogP) is 2.64. The molecular formula is C15H12N2O2. The highest BCUT2D eigenvalue weighted by atomic mass is 16.2. The van der Waals surface area contributed by atoms with Gasteiger partial charge in [-0.05, 0) is 23.7 Å². The number of hydrogen-bond donors (Lipinski definition) is 1. The SMILES string of the molecule is [2H]c1c([2H])c([2H])c2c(c1[2H])C(=O)C([2H])([2H])c1c([2H])c([2H])c([2H])c([2H])c1N2C(=O)N([2H])[2H]. The first-order valence-electron chi connectivity index (χ1n) is 10.9. The number of primary amides is 1. The Labute approximate surface area is 127 Å². The molecule has 1 aliphatic rings. The molecule has 0 radical (unpaired) electrons. The second kappa shape index (κ2) is 4.24. The van der Waals surface area contributed by atoms with Crippen molar-refractivity contribution in [3.8, 4) is 0 Å². The minimum Gasteiger partial charge on any atom is -0.351 e. The summed E-state index contributed by atoms with van der Waals surface area (Å²) in [5, 5.41) is 0. The predicted molar refractivity (Wildman–Crippen MR) is 72.6 cm³/mol. The van der Waals surface area contributed by atoms with E-state index >= 15 is 0 Å². The van der Waals surface area contributed by atoms with Crippen LogP contribution in [0.5, 0.6) is 0 Å². The molecule has 0 spiro atoms. The second-order valence-corrected chi connectivity index (χ2v) is 3.52. The summed E-state index contributed by atoms with van der Waals surface area (Å²) in [5.74, 6) is -1.57. The van der Waals surface area contributed by atoms with Gasteiger partial charge in [-0.25, -0.2) is 4.79 Å². The van der Waals surface area contributed by atoms with Gasteiger partial charge in [0, 0.05) is 14.7 Å². The number of carbonyl (C=O) groups excluding carboxylic acids is 2. The summed E-state index contributed by atoms with van der Waals surface area (Å²) in [6.07, 6.45) is -3.25. The van der Waals surface area contributed by atoms with Crippen molar-refractivity contribution in [3.63, 3.8) is 0 Å². The summed E-state index contributed by atoms with van der Waals surface area (Å²) in [5.41, 5.74) is -4.35. The molecule has 4 heteroatoms. The number of amides is 2. The molecule has 3 rings (SSSR count). The van der Waals surface area contributed by atoms with Crippen LogP contribution in [0.25, 0.3) is 0 Å². The third kappa shape index (κ3) is 1.78. The first-order valence-corrected chi connectivity index (χ1v) is 5.05. The molecule has 1 heterocycles. The van der Waals surface area contributed by atoms with Crippen LogP contribution in [0.1, 0.15) is 29.6 Å². The third-order valence-electron chi connectivity index (χ3n) is 2.44. The number of carbonyl (C=O) groups is 2. The van der Waals surface area contributed by atoms with Crippen molar-refractivity contribution in [2.45, 2.75) is 6.37 Å². The average molecular weight is 264 g/mol. The fourth-order valence-electron chi connectivity index (χ4n) is 1.68. The van der Waals surface area contributed by atoms with E-state index in [1.165, 1.54) is 0 Å². The first kappa shape index (κ1) is 4.20. The van der Waals surface area contributed by atoms with E-state index in [4.69, 9.17) is 16.5 Å². The smallest absolute Gasteiger partial charge is 0.323 e. The maximum absolute atomic E-state index is 13.1. The highest BCUT2D eigenvalue weighted by molar-refractivity contribution is 6.11. The minimum absolute atomic E-state index is 0.184. The number of benzene rings is 2. The Morgan fingerprint density at radius 1 is 1.21 bits per heavy atom. The summed E-state index contributed by atoms with van der Waals surface area (Å²) < 4.78 is 95.0. The van der Waals surface area contributed by atoms with E-state index in [2.05, 4.69) is 0 Å². The fraction of sp³-hybridized carbons (Fsp3) is 0.0667. The molecule has 0 bridgehead atoms. The van der Waals surface area contributed by atoms with Crippen molar-refractivity contribution < 1.29 is 26.1 Å². The van der Waals surface area contributed by atoms with E-state index in [1.54, 1.807) is 0 Å². The van der Waals surface area contributed by atoms with Gasteiger partial charge in [0.15, 0.2) is 8.61 Å². The number of rotatable bonds is 0. The molecule has 2 aromatic carbocycles. The van der Waals surface area contributed by atoms with Crippen molar-refractivity contribution in [1.29, 1.82) is 0 Å². The van der Waals surface area contributed by atoms with Crippen LogP contribution in [0.15, 0.2) is 48.3 Å². The monoisotopic (exact) mass is 264 g/mol. The summed E-state index contributed by atoms with van der Waals surface area (Å²) in [6.45, 7) is 0. The van der Waals surface area contributed by atoms with Crippen LogP contribution < -0.4 is 10.6 Å². The highest BCUT2D eigenvalue weighted by Gasteiger charge is 2.27. The van der Waals surface area contributed by atoms with Crippen molar-refractivity contribution >= 4 is 23.2 Å². The molecule has 0 fully saturated rings. The van der Waals surface area contributed by atoms with Gasteiger partial charge < -0.3 is 5.72 Å². The normalized spacial score (nSPS) is 24.8. The molecule has 0 unspecified atom stereocenters. The zero-order valence-electron chi connectivity index (χ0n) is 21.2. The van der Waals surface area contributed by atoms with E-state index in [1.807, 2.05) is 0 Å². The summed E-state index contributed by atoms with van der Waals surface area (Å²) in [6, 6.07) is -9.35. The fourth-order valence-corrected chi connectivity index (χ4v) is 1.68. The molecule has 4 nitrogen and oxygen atoms in total. The lowest BCUT2D eigenvalue weighted by atomic mass is 10.0. The van der Waals surface area contributed by atoms with Crippen LogP contribution in [-0.4, -0.2) is 11.8 Å². The van der Waals surface area contributed by atoms with Crippen molar-refractivity contribution in [2.24, 2.45) is 5.72 Å². The molecule has 0 saturated heterocycles. The van der Waals surface area contributed by atoms with E-state index in [0.29, 0.717) is 0 Å². The number of hydrogen-bond acceptors (Lipinski definition) is 2. The molecular weight excluding hydrogens is 240 g/mol. The largest absolute Gasteiger partial charge is 0.351 e. The van der Waals surface area contributed by atoms with Crippen molar-refractivity contribution in [1.82, 2.24) is 0 Å². The molecule has 2 aromatic rings. The number of nitrogens with two attached hydrogens (primary N) is 1. The van der Waals surface area contributed by atoms with E-state index in [0.717, 1.165) is 0 Å². The number of nitrogens with zero attached hydrogens (tertiary/aromatic N) is 1. The highest BCUT2D eigenvalue weighted by Crippen LogP contribution is 2.35. The standard InChI is InChI=1S/C15H12N2O2/c16-15(19)17-12-7-3-1-5-10(12)9-14(18)11-6-2-4-8-13(11)17/h1-8H,9H2,(H2,16,19)/i1D,2D,3D,4D,5D,6D,7D,8D,9D2/hD2. The lowest BCUT2D eigenvalue weighted by Gasteiger charge is -2.22. The molecule has 94 valence electrons. The lowest BCUT2D eigenvalue weighted by molar-refractivity contribution is 0.0994. The molecule has 2 N–H and O–H groups in total. The van der Waals surface area contributed by atoms with Crippen LogP contribution in [0.3, 0.4) is 0 Å². The summed E-state index contributed by atoms with van der Waals surface area (Å²) in [4.78, 5) is 26.1. The average Bonchev–Trinajstić information content (AvgIpc) is 2.78. The van der Waals surface area contributed by atoms with E-state index in [-0.39, 0.29) is 4.90 Å². The lowest BCUT2D eigenvalue weighted by Crippen LogP contribution is -2.32. The Bertz CT molecular complexity index is 1180. The summed E-state index contributed by atoms with van der Waals surface area (Å²) in [7, 11) is 0. The van der Waals surface area contributed by atoms with Gasteiger partial charge in [-0.3, -0.25) is 9.69 Å². The van der Waals surface area contributed by atoms with Gasteiger partial charge >= 0.3 is 6.03 Å². The van der Waals surface area contributed by atoms with Gasteiger partial charge in [-0.15, -0.1) is 0 Å². The zero-order chi connectivity index (χ0) is 23.7. The van der Waals surface area contributed by atoms with Crippen LogP contribution in [0.2, 0.25) is 2.82 Å². The van der Waals surface area contributed by atoms with E-state index in [9.17, 15) is 9.59 Å². The third-order valence-corrected chi connectivity index (χ3v) is 2.44. The van der Waals surface area contributed by atoms with Gasteiger partial charge in [-0.2, -0.15) is 0 Å². The second-order valence-electron chi connectivity index (χ2n) is 3.52. The Balaban J connectivity index is 2.71. The number of ketones is 1. The van der Waals surface area contributed by atoms with Crippen LogP contribution >= 0.6 is 0 Å². The number of para-hydroxylation sites is 2. The Morgan fingerprint density at radius 2 is 1.89 bits per heavy atom. The van der Waals surface area contributed by atoms with Crippen LogP contribution in [-0.2, 0) is 6.37 Å². The molecule has 0 atom stereocenters. The van der Waals surface area contributed by atoms with Gasteiger partial charge in [0.2, 0.25) is 0 Å². The maximum Gasteiger partial charge on any atom is 0.323 e.